The van der Waals surface area contributed by atoms with Gasteiger partial charge in [0, 0.05) is 5.69 Å². The summed E-state index contributed by atoms with van der Waals surface area (Å²) in [4.78, 5) is 10.8. The Labute approximate surface area is 92.7 Å². The number of hydrogen-bond donors (Lipinski definition) is 3. The first-order chi connectivity index (χ1) is 7.43. The van der Waals surface area contributed by atoms with E-state index in [1.165, 1.54) is 30.5 Å². The highest BCUT2D eigenvalue weighted by Gasteiger charge is 2.08. The average Bonchev–Trinajstić information content (AvgIpc) is 2.17. The van der Waals surface area contributed by atoms with Crippen molar-refractivity contribution in [2.45, 2.75) is 4.90 Å². The van der Waals surface area contributed by atoms with Gasteiger partial charge < -0.3 is 10.6 Å². The van der Waals surface area contributed by atoms with E-state index in [2.05, 4.69) is 17.2 Å². The van der Waals surface area contributed by atoms with Crippen LogP contribution in [-0.2, 0) is 10.1 Å². The molecule has 0 atom stereocenters. The maximum Gasteiger partial charge on any atom is 0.323 e. The third-order valence-electron chi connectivity index (χ3n) is 1.64. The molecule has 0 aliphatic heterocycles. The van der Waals surface area contributed by atoms with Crippen LogP contribution in [-0.4, -0.2) is 19.0 Å². The van der Waals surface area contributed by atoms with Crippen molar-refractivity contribution in [3.8, 4) is 0 Å². The molecular formula is C9H10N2O4S. The summed E-state index contributed by atoms with van der Waals surface area (Å²) in [7, 11) is -4.20. The fraction of sp³-hybridized carbons (Fsp3) is 0. The highest BCUT2D eigenvalue weighted by Crippen LogP contribution is 2.13. The highest BCUT2D eigenvalue weighted by molar-refractivity contribution is 7.85. The molecule has 0 aliphatic rings. The summed E-state index contributed by atoms with van der Waals surface area (Å²) in [6, 6.07) is 4.57. The number of rotatable bonds is 3. The lowest BCUT2D eigenvalue weighted by Gasteiger charge is -2.04. The van der Waals surface area contributed by atoms with Crippen LogP contribution < -0.4 is 10.6 Å². The smallest absolute Gasteiger partial charge is 0.315 e. The highest BCUT2D eigenvalue weighted by atomic mass is 32.2. The van der Waals surface area contributed by atoms with Gasteiger partial charge >= 0.3 is 6.03 Å². The Bertz CT molecular complexity index is 493. The molecule has 16 heavy (non-hydrogen) atoms. The predicted molar refractivity (Wildman–Crippen MR) is 58.6 cm³/mol. The van der Waals surface area contributed by atoms with E-state index >= 15 is 0 Å². The van der Waals surface area contributed by atoms with Gasteiger partial charge in [-0.05, 0) is 30.5 Å². The lowest BCUT2D eigenvalue weighted by Crippen LogP contribution is -2.23. The van der Waals surface area contributed by atoms with Crippen molar-refractivity contribution in [2.24, 2.45) is 0 Å². The van der Waals surface area contributed by atoms with Gasteiger partial charge in [0.2, 0.25) is 0 Å². The zero-order valence-corrected chi connectivity index (χ0v) is 8.99. The largest absolute Gasteiger partial charge is 0.323 e. The van der Waals surface area contributed by atoms with Crippen LogP contribution >= 0.6 is 0 Å². The molecule has 0 spiro atoms. The summed E-state index contributed by atoms with van der Waals surface area (Å²) in [5, 5.41) is 4.71. The van der Waals surface area contributed by atoms with Crippen molar-refractivity contribution in [1.29, 1.82) is 0 Å². The summed E-state index contributed by atoms with van der Waals surface area (Å²) in [6.07, 6.45) is 1.21. The van der Waals surface area contributed by atoms with Gasteiger partial charge in [0.15, 0.2) is 0 Å². The molecule has 0 aromatic heterocycles. The molecule has 0 saturated carbocycles. The van der Waals surface area contributed by atoms with Crippen molar-refractivity contribution in [2.75, 3.05) is 5.32 Å². The van der Waals surface area contributed by atoms with Gasteiger partial charge in [-0.2, -0.15) is 8.42 Å². The van der Waals surface area contributed by atoms with Crippen molar-refractivity contribution in [3.05, 3.63) is 37.0 Å². The second kappa shape index (κ2) is 4.77. The Kier molecular flexibility index (Phi) is 3.64. The van der Waals surface area contributed by atoms with Crippen LogP contribution in [0, 0.1) is 0 Å². The van der Waals surface area contributed by atoms with E-state index in [4.69, 9.17) is 4.55 Å². The van der Waals surface area contributed by atoms with Crippen LogP contribution in [0.25, 0.3) is 0 Å². The third kappa shape index (κ3) is 3.37. The van der Waals surface area contributed by atoms with Gasteiger partial charge in [0.25, 0.3) is 10.1 Å². The summed E-state index contributed by atoms with van der Waals surface area (Å²) >= 11 is 0. The van der Waals surface area contributed by atoms with E-state index in [9.17, 15) is 13.2 Å². The van der Waals surface area contributed by atoms with Crippen LogP contribution in [0.3, 0.4) is 0 Å². The first-order valence-corrected chi connectivity index (χ1v) is 5.63. The first kappa shape index (κ1) is 12.2. The van der Waals surface area contributed by atoms with Crippen LogP contribution in [0.4, 0.5) is 10.5 Å². The number of nitrogens with one attached hydrogen (secondary N) is 2. The van der Waals surface area contributed by atoms with Crippen LogP contribution in [0.5, 0.6) is 0 Å². The molecule has 1 aromatic rings. The number of carbonyl (C=O) groups excluding carboxylic acids is 1. The lowest BCUT2D eigenvalue weighted by atomic mass is 10.3. The van der Waals surface area contributed by atoms with E-state index in [1.807, 2.05) is 0 Å². The van der Waals surface area contributed by atoms with Crippen molar-refractivity contribution >= 4 is 21.8 Å². The maximum atomic E-state index is 11.0. The van der Waals surface area contributed by atoms with Crippen molar-refractivity contribution in [1.82, 2.24) is 5.32 Å². The Morgan fingerprint density at radius 2 is 1.88 bits per heavy atom. The first-order valence-electron chi connectivity index (χ1n) is 4.19. The topological polar surface area (TPSA) is 95.5 Å². The number of anilines is 1. The maximum absolute atomic E-state index is 11.0. The normalized spacial score (nSPS) is 10.6. The number of benzene rings is 1. The molecule has 0 aliphatic carbocycles. The number of urea groups is 1. The monoisotopic (exact) mass is 242 g/mol. The molecule has 0 heterocycles. The van der Waals surface area contributed by atoms with Crippen LogP contribution in [0.15, 0.2) is 41.9 Å². The Hall–Kier alpha value is -1.86. The summed E-state index contributed by atoms with van der Waals surface area (Å²) in [5.41, 5.74) is 0.395. The summed E-state index contributed by atoms with van der Waals surface area (Å²) in [6.45, 7) is 3.30. The van der Waals surface area contributed by atoms with E-state index < -0.39 is 16.1 Å². The molecule has 0 saturated heterocycles. The Morgan fingerprint density at radius 1 is 1.31 bits per heavy atom. The average molecular weight is 242 g/mol. The van der Waals surface area contributed by atoms with Gasteiger partial charge in [0.05, 0.1) is 4.90 Å². The molecule has 2 amide bonds. The van der Waals surface area contributed by atoms with Crippen LogP contribution in [0.1, 0.15) is 0 Å². The molecule has 1 rings (SSSR count). The molecular weight excluding hydrogens is 232 g/mol. The number of hydrogen-bond acceptors (Lipinski definition) is 3. The standard InChI is InChI=1S/C9H10N2O4S/c1-2-10-9(12)11-7-3-5-8(6-4-7)16(13,14)15/h2-6H,1H2,(H2,10,11,12)(H,13,14,15). The molecule has 7 heteroatoms. The second-order valence-corrected chi connectivity index (χ2v) is 4.22. The van der Waals surface area contributed by atoms with Gasteiger partial charge in [-0.25, -0.2) is 4.79 Å². The van der Waals surface area contributed by atoms with E-state index in [1.54, 1.807) is 0 Å². The minimum Gasteiger partial charge on any atom is -0.315 e. The molecule has 0 radical (unpaired) electrons. The summed E-state index contributed by atoms with van der Waals surface area (Å²) < 4.78 is 30.1. The minimum atomic E-state index is -4.20. The lowest BCUT2D eigenvalue weighted by molar-refractivity contribution is 0.255. The van der Waals surface area contributed by atoms with Gasteiger partial charge in [-0.3, -0.25) is 4.55 Å². The van der Waals surface area contributed by atoms with E-state index in [0.29, 0.717) is 5.69 Å². The molecule has 1 aromatic carbocycles. The number of amides is 2. The third-order valence-corrected chi connectivity index (χ3v) is 2.51. The molecule has 0 fully saturated rings. The van der Waals surface area contributed by atoms with E-state index in [-0.39, 0.29) is 4.90 Å². The molecule has 86 valence electrons. The molecule has 6 nitrogen and oxygen atoms in total. The molecule has 0 unspecified atom stereocenters. The summed E-state index contributed by atoms with van der Waals surface area (Å²) in [5.74, 6) is 0. The zero-order chi connectivity index (χ0) is 12.2. The molecule has 0 bridgehead atoms. The predicted octanol–water partition coefficient (Wildman–Crippen LogP) is 1.20. The fourth-order valence-electron chi connectivity index (χ4n) is 0.970. The van der Waals surface area contributed by atoms with Gasteiger partial charge in [-0.15, -0.1) is 0 Å². The quantitative estimate of drug-likeness (QED) is 0.694. The Morgan fingerprint density at radius 3 is 2.31 bits per heavy atom. The van der Waals surface area contributed by atoms with Crippen LogP contribution in [0.2, 0.25) is 0 Å². The Balaban J connectivity index is 2.80. The second-order valence-electron chi connectivity index (χ2n) is 2.80. The van der Waals surface area contributed by atoms with E-state index in [0.717, 1.165) is 0 Å². The molecule has 3 N–H and O–H groups in total. The van der Waals surface area contributed by atoms with Gasteiger partial charge in [0.1, 0.15) is 0 Å². The SMILES string of the molecule is C=CNC(=O)Nc1ccc(S(=O)(=O)O)cc1. The zero-order valence-electron chi connectivity index (χ0n) is 8.17. The fourth-order valence-corrected chi connectivity index (χ4v) is 1.45. The minimum absolute atomic E-state index is 0.234. The van der Waals surface area contributed by atoms with Crippen molar-refractivity contribution in [3.63, 3.8) is 0 Å². The van der Waals surface area contributed by atoms with Gasteiger partial charge in [-0.1, -0.05) is 6.58 Å². The number of carbonyl (C=O) groups is 1. The van der Waals surface area contributed by atoms with Crippen molar-refractivity contribution < 1.29 is 17.8 Å².